The van der Waals surface area contributed by atoms with Crippen molar-refractivity contribution >= 4 is 16.2 Å². The van der Waals surface area contributed by atoms with E-state index in [4.69, 9.17) is 0 Å². The monoisotopic (exact) mass is 468 g/mol. The minimum Gasteiger partial charge on any atom is -1.00 e. The second-order valence-corrected chi connectivity index (χ2v) is 15.8. The SMILES string of the molecule is C[Si](C)=[Zr+2].Cc1c[c-](C)c(C)c1C.Cc1cc2ccccc2[cH-]1.[Cl-].[Cl-]. The minimum atomic E-state index is 0. The summed E-state index contributed by atoms with van der Waals surface area (Å²) in [6.45, 7) is 15.4. The Kier molecular flexibility index (Phi) is 14.2. The summed E-state index contributed by atoms with van der Waals surface area (Å²) in [6, 6.07) is 15.1. The first-order valence-electron chi connectivity index (χ1n) is 8.06. The van der Waals surface area contributed by atoms with Gasteiger partial charge in [-0.15, -0.1) is 40.6 Å². The summed E-state index contributed by atoms with van der Waals surface area (Å²) in [5, 5.41) is 2.69. The summed E-state index contributed by atoms with van der Waals surface area (Å²) >= 11 is 1.74. The van der Waals surface area contributed by atoms with Crippen molar-refractivity contribution in [1.29, 1.82) is 0 Å². The van der Waals surface area contributed by atoms with Gasteiger partial charge in [0.2, 0.25) is 0 Å². The number of hydrogen-bond donors (Lipinski definition) is 0. The number of fused-ring (bicyclic) bond motifs is 1. The number of hydrogen-bond acceptors (Lipinski definition) is 0. The summed E-state index contributed by atoms with van der Waals surface area (Å²) in [5.74, 6) is 0. The molecule has 0 radical (unpaired) electrons. The van der Waals surface area contributed by atoms with E-state index in [1.165, 1.54) is 38.6 Å². The molecule has 0 aliphatic carbocycles. The fourth-order valence-corrected chi connectivity index (χ4v) is 2.44. The van der Waals surface area contributed by atoms with Crippen molar-refractivity contribution in [3.63, 3.8) is 0 Å². The third kappa shape index (κ3) is 9.38. The Morgan fingerprint density at radius 3 is 1.88 bits per heavy atom. The maximum Gasteiger partial charge on any atom is -0.0579 e. The topological polar surface area (TPSA) is 0 Å². The number of halogens is 2. The molecular formula is C21H28Cl2SiZr-2. The predicted octanol–water partition coefficient (Wildman–Crippen LogP) is 0.299. The molecule has 0 aliphatic heterocycles. The maximum absolute atomic E-state index is 2.31. The van der Waals surface area contributed by atoms with Gasteiger partial charge in [-0.3, -0.25) is 0 Å². The Balaban J connectivity index is 0. The van der Waals surface area contributed by atoms with Gasteiger partial charge in [-0.2, -0.15) is 34.4 Å². The molecule has 3 rings (SSSR count). The van der Waals surface area contributed by atoms with Gasteiger partial charge in [0.15, 0.2) is 0 Å². The van der Waals surface area contributed by atoms with Gasteiger partial charge in [0.05, 0.1) is 0 Å². The zero-order chi connectivity index (χ0) is 17.6. The van der Waals surface area contributed by atoms with Crippen molar-refractivity contribution in [1.82, 2.24) is 0 Å². The molecule has 0 saturated carbocycles. The van der Waals surface area contributed by atoms with E-state index in [9.17, 15) is 0 Å². The Bertz CT molecular complexity index is 725. The molecule has 3 aromatic rings. The first kappa shape index (κ1) is 27.1. The van der Waals surface area contributed by atoms with Gasteiger partial charge in [-0.05, 0) is 0 Å². The van der Waals surface area contributed by atoms with Crippen LogP contribution in [0.1, 0.15) is 27.8 Å². The molecule has 0 amide bonds. The van der Waals surface area contributed by atoms with Crippen molar-refractivity contribution in [2.75, 3.05) is 0 Å². The molecule has 0 atom stereocenters. The number of benzene rings is 1. The van der Waals surface area contributed by atoms with Gasteiger partial charge < -0.3 is 24.8 Å². The molecule has 0 nitrogen and oxygen atoms in total. The zero-order valence-corrected chi connectivity index (χ0v) is 21.3. The molecule has 136 valence electrons. The number of aryl methyl sites for hydroxylation is 3. The van der Waals surface area contributed by atoms with E-state index in [0.717, 1.165) is 0 Å². The molecule has 0 bridgehead atoms. The Hall–Kier alpha value is -0.140. The van der Waals surface area contributed by atoms with Crippen molar-refractivity contribution in [3.8, 4) is 0 Å². The Morgan fingerprint density at radius 2 is 1.52 bits per heavy atom. The van der Waals surface area contributed by atoms with Gasteiger partial charge in [0.25, 0.3) is 0 Å². The summed E-state index contributed by atoms with van der Waals surface area (Å²) < 4.78 is 0. The van der Waals surface area contributed by atoms with Gasteiger partial charge in [-0.25, -0.2) is 0 Å². The zero-order valence-electron chi connectivity index (χ0n) is 16.3. The van der Waals surface area contributed by atoms with Crippen LogP contribution in [0.4, 0.5) is 0 Å². The van der Waals surface area contributed by atoms with Gasteiger partial charge in [-0.1, -0.05) is 40.7 Å². The number of rotatable bonds is 0. The average Bonchev–Trinajstić information content (AvgIpc) is 2.94. The van der Waals surface area contributed by atoms with Crippen LogP contribution in [0.25, 0.3) is 10.8 Å². The fourth-order valence-electron chi connectivity index (χ4n) is 2.44. The van der Waals surface area contributed by atoms with Crippen LogP contribution >= 0.6 is 0 Å². The van der Waals surface area contributed by atoms with Crippen LogP contribution in [0, 0.1) is 34.6 Å². The fraction of sp³-hybridized carbons (Fsp3) is 0.333. The van der Waals surface area contributed by atoms with Crippen molar-refractivity contribution < 1.29 is 48.1 Å². The smallest absolute Gasteiger partial charge is 0.0579 e. The summed E-state index contributed by atoms with van der Waals surface area (Å²) in [6.07, 6.45) is 0. The van der Waals surface area contributed by atoms with E-state index in [-0.39, 0.29) is 30.2 Å². The molecule has 0 fully saturated rings. The van der Waals surface area contributed by atoms with E-state index in [0.29, 0.717) is 0 Å². The molecule has 0 aromatic heterocycles. The molecule has 0 unspecified atom stereocenters. The quantitative estimate of drug-likeness (QED) is 0.328. The van der Waals surface area contributed by atoms with E-state index in [1.807, 2.05) is 0 Å². The van der Waals surface area contributed by atoms with E-state index in [1.54, 1.807) is 23.3 Å². The van der Waals surface area contributed by atoms with E-state index >= 15 is 0 Å². The Morgan fingerprint density at radius 1 is 1.00 bits per heavy atom. The standard InChI is InChI=1S/C10H9.C9H13.C2H6Si.2ClH.Zr/c1-8-6-9-4-2-3-5-10(9)7-8;1-6-5-7(2)9(4)8(6)3;1-3-2;;;/h2-7H,1H3;5H,1-4H3;1-2H3;2*1H;/q2*-1;;;;+2/p-2. The van der Waals surface area contributed by atoms with Gasteiger partial charge in [0.1, 0.15) is 0 Å². The third-order valence-electron chi connectivity index (χ3n) is 3.94. The minimum absolute atomic E-state index is 0. The largest absolute Gasteiger partial charge is 1.00 e. The van der Waals surface area contributed by atoms with Crippen LogP contribution in [0.5, 0.6) is 0 Å². The first-order valence-corrected chi connectivity index (χ1v) is 14.2. The van der Waals surface area contributed by atoms with E-state index < -0.39 is 0 Å². The summed E-state index contributed by atoms with van der Waals surface area (Å²) in [7, 11) is 0. The van der Waals surface area contributed by atoms with E-state index in [2.05, 4.69) is 90.2 Å². The molecule has 0 saturated heterocycles. The van der Waals surface area contributed by atoms with Gasteiger partial charge >= 0.3 is 41.9 Å². The van der Waals surface area contributed by atoms with Crippen molar-refractivity contribution in [2.24, 2.45) is 0 Å². The first-order chi connectivity index (χ1) is 10.7. The van der Waals surface area contributed by atoms with Crippen LogP contribution in [0.15, 0.2) is 42.5 Å². The second-order valence-electron chi connectivity index (χ2n) is 6.42. The summed E-state index contributed by atoms with van der Waals surface area (Å²) in [5.41, 5.74) is 7.30. The van der Waals surface area contributed by atoms with Crippen LogP contribution in [0.3, 0.4) is 0 Å². The maximum atomic E-state index is 2.31. The molecule has 3 aromatic carbocycles. The van der Waals surface area contributed by atoms with Crippen LogP contribution in [-0.2, 0) is 23.3 Å². The van der Waals surface area contributed by atoms with Gasteiger partial charge in [0, 0.05) is 0 Å². The van der Waals surface area contributed by atoms with Crippen LogP contribution < -0.4 is 24.8 Å². The van der Waals surface area contributed by atoms with Crippen LogP contribution in [-0.4, -0.2) is 5.43 Å². The third-order valence-corrected chi connectivity index (χ3v) is 3.94. The molecule has 0 heterocycles. The Labute approximate surface area is 181 Å². The normalized spacial score (nSPS) is 9.00. The molecule has 0 N–H and O–H groups in total. The predicted molar refractivity (Wildman–Crippen MR) is 103 cm³/mol. The average molecular weight is 471 g/mol. The summed E-state index contributed by atoms with van der Waals surface area (Å²) in [4.78, 5) is 0. The second kappa shape index (κ2) is 13.1. The van der Waals surface area contributed by atoms with Crippen LogP contribution in [0.2, 0.25) is 13.1 Å². The molecule has 0 aliphatic rings. The molecule has 4 heteroatoms. The van der Waals surface area contributed by atoms with Crippen molar-refractivity contribution in [2.45, 2.75) is 47.7 Å². The molecular weight excluding hydrogens is 442 g/mol. The molecule has 25 heavy (non-hydrogen) atoms. The molecule has 0 spiro atoms. The van der Waals surface area contributed by atoms with Crippen molar-refractivity contribution in [3.05, 3.63) is 70.3 Å².